The predicted molar refractivity (Wildman–Crippen MR) is 121 cm³/mol. The Balaban J connectivity index is 0.000000190. The maximum Gasteiger partial charge on any atom is 0.499 e. The van der Waals surface area contributed by atoms with E-state index in [4.69, 9.17) is 21.6 Å². The van der Waals surface area contributed by atoms with Gasteiger partial charge in [0.2, 0.25) is 0 Å². The van der Waals surface area contributed by atoms with E-state index >= 15 is 0 Å². The smallest absolute Gasteiger partial charge is 0.423 e. The van der Waals surface area contributed by atoms with Crippen LogP contribution in [0.5, 0.6) is 0 Å². The average molecular weight is 539 g/mol. The van der Waals surface area contributed by atoms with Gasteiger partial charge in [0.1, 0.15) is 5.15 Å². The molecule has 0 aliphatic rings. The predicted octanol–water partition coefficient (Wildman–Crippen LogP) is 6.01. The molecule has 0 bridgehead atoms. The van der Waals surface area contributed by atoms with Gasteiger partial charge in [0, 0.05) is 17.2 Å². The monoisotopic (exact) mass is 538 g/mol. The average Bonchev–Trinajstić information content (AvgIpc) is 3.48. The Hall–Kier alpha value is -2.45. The number of hydrogen-bond donors (Lipinski definition) is 2. The number of alkyl halides is 6. The molecule has 4 heterocycles. The maximum absolute atomic E-state index is 12.2. The van der Waals surface area contributed by atoms with Crippen LogP contribution in [0.1, 0.15) is 11.1 Å². The molecule has 0 saturated heterocycles. The van der Waals surface area contributed by atoms with Gasteiger partial charge in [-0.05, 0) is 41.1 Å². The van der Waals surface area contributed by atoms with Gasteiger partial charge in [-0.2, -0.15) is 37.7 Å². The summed E-state index contributed by atoms with van der Waals surface area (Å²) in [6.45, 7) is 0. The first-order chi connectivity index (χ1) is 15.9. The summed E-state index contributed by atoms with van der Waals surface area (Å²) in [5.74, 6) is 0. The van der Waals surface area contributed by atoms with Gasteiger partial charge in [0.05, 0.1) is 21.7 Å². The number of aromatic nitrogens is 2. The van der Waals surface area contributed by atoms with E-state index in [1.54, 1.807) is 17.5 Å². The fourth-order valence-corrected chi connectivity index (χ4v) is 3.52. The third kappa shape index (κ3) is 9.07. The highest BCUT2D eigenvalue weighted by Gasteiger charge is 2.31. The first kappa shape index (κ1) is 27.8. The van der Waals surface area contributed by atoms with Crippen molar-refractivity contribution >= 4 is 46.2 Å². The molecule has 4 aromatic rings. The Morgan fingerprint density at radius 1 is 0.735 bits per heavy atom. The maximum atomic E-state index is 12.2. The summed E-state index contributed by atoms with van der Waals surface area (Å²) < 4.78 is 72.8. The molecule has 180 valence electrons. The molecular weight excluding hydrogens is 525 g/mol. The van der Waals surface area contributed by atoms with Gasteiger partial charge in [0.15, 0.2) is 0 Å². The van der Waals surface area contributed by atoms with Crippen LogP contribution >= 0.6 is 34.3 Å². The van der Waals surface area contributed by atoms with Crippen LogP contribution in [0, 0.1) is 0 Å². The number of thiophene rings is 2. The van der Waals surface area contributed by atoms with Gasteiger partial charge in [-0.15, -0.1) is 11.3 Å². The molecule has 34 heavy (non-hydrogen) atoms. The lowest BCUT2D eigenvalue weighted by Gasteiger charge is -2.05. The molecule has 4 rings (SSSR count). The standard InChI is InChI=1S/C10H6F3NS.C6H3ClF3N.C4H5BO2S/c11-10(12,13)7-3-4-8(14-6-7)9-2-1-5-15-9;7-5-2-1-4(3-11-5)6(8,9)10;6-5(7)4-2-1-3-8-4/h1-6H;1-3H;1-3,6-7H. The zero-order valence-corrected chi connectivity index (χ0v) is 19.1. The molecule has 4 nitrogen and oxygen atoms in total. The summed E-state index contributed by atoms with van der Waals surface area (Å²) in [5, 5.41) is 20.7. The van der Waals surface area contributed by atoms with E-state index in [-0.39, 0.29) is 5.15 Å². The third-order valence-corrected chi connectivity index (χ3v) is 5.75. The van der Waals surface area contributed by atoms with Crippen molar-refractivity contribution in [3.63, 3.8) is 0 Å². The molecule has 0 atom stereocenters. The van der Waals surface area contributed by atoms with Crippen molar-refractivity contribution in [2.75, 3.05) is 0 Å². The highest BCUT2D eigenvalue weighted by atomic mass is 35.5. The van der Waals surface area contributed by atoms with Crippen molar-refractivity contribution in [1.29, 1.82) is 0 Å². The Morgan fingerprint density at radius 3 is 1.65 bits per heavy atom. The van der Waals surface area contributed by atoms with Gasteiger partial charge >= 0.3 is 19.5 Å². The number of pyridine rings is 2. The lowest BCUT2D eigenvalue weighted by atomic mass is 9.90. The fourth-order valence-electron chi connectivity index (χ4n) is 2.11. The van der Waals surface area contributed by atoms with E-state index in [9.17, 15) is 26.3 Å². The van der Waals surface area contributed by atoms with Crippen LogP contribution in [0.2, 0.25) is 5.15 Å². The van der Waals surface area contributed by atoms with E-state index in [1.807, 2.05) is 17.5 Å². The largest absolute Gasteiger partial charge is 0.499 e. The lowest BCUT2D eigenvalue weighted by Crippen LogP contribution is -2.26. The SMILES string of the molecule is FC(F)(F)c1ccc(-c2cccs2)nc1.FC(F)(F)c1ccc(Cl)nc1.OB(O)c1cccs1. The highest BCUT2D eigenvalue weighted by molar-refractivity contribution is 7.20. The molecular formula is C20H14BClF6N2O2S2. The van der Waals surface area contributed by atoms with Crippen LogP contribution in [-0.2, 0) is 12.4 Å². The fraction of sp³-hybridized carbons (Fsp3) is 0.100. The second-order valence-electron chi connectivity index (χ2n) is 6.16. The van der Waals surface area contributed by atoms with Crippen molar-refractivity contribution in [3.8, 4) is 10.6 Å². The van der Waals surface area contributed by atoms with Crippen LogP contribution in [0.3, 0.4) is 0 Å². The number of halogens is 7. The van der Waals surface area contributed by atoms with Gasteiger partial charge in [-0.3, -0.25) is 4.98 Å². The summed E-state index contributed by atoms with van der Waals surface area (Å²) in [6, 6.07) is 11.5. The molecule has 0 saturated carbocycles. The quantitative estimate of drug-likeness (QED) is 0.186. The van der Waals surface area contributed by atoms with Crippen molar-refractivity contribution in [2.24, 2.45) is 0 Å². The molecule has 0 fully saturated rings. The molecule has 0 unspecified atom stereocenters. The van der Waals surface area contributed by atoms with Crippen LogP contribution in [-0.4, -0.2) is 27.1 Å². The molecule has 4 aromatic heterocycles. The zero-order valence-electron chi connectivity index (χ0n) is 16.8. The van der Waals surface area contributed by atoms with Gasteiger partial charge in [-0.25, -0.2) is 4.98 Å². The first-order valence-corrected chi connectivity index (χ1v) is 11.2. The molecule has 0 aliphatic heterocycles. The summed E-state index contributed by atoms with van der Waals surface area (Å²) in [4.78, 5) is 7.93. The molecule has 2 N–H and O–H groups in total. The van der Waals surface area contributed by atoms with Crippen molar-refractivity contribution in [2.45, 2.75) is 12.4 Å². The van der Waals surface area contributed by atoms with Crippen molar-refractivity contribution in [3.05, 3.63) is 88.0 Å². The zero-order chi connectivity index (χ0) is 25.4. The van der Waals surface area contributed by atoms with Crippen LogP contribution in [0.25, 0.3) is 10.6 Å². The second kappa shape index (κ2) is 12.3. The van der Waals surface area contributed by atoms with E-state index in [0.717, 1.165) is 29.3 Å². The highest BCUT2D eigenvalue weighted by Crippen LogP contribution is 2.30. The van der Waals surface area contributed by atoms with Gasteiger partial charge < -0.3 is 10.0 Å². The Morgan fingerprint density at radius 2 is 1.29 bits per heavy atom. The Labute approximate surface area is 203 Å². The molecule has 0 aromatic carbocycles. The summed E-state index contributed by atoms with van der Waals surface area (Å²) >= 11 is 8.06. The van der Waals surface area contributed by atoms with Crippen LogP contribution in [0.15, 0.2) is 71.7 Å². The lowest BCUT2D eigenvalue weighted by molar-refractivity contribution is -0.138. The van der Waals surface area contributed by atoms with Gasteiger partial charge in [-0.1, -0.05) is 29.8 Å². The Bertz CT molecular complexity index is 1110. The number of rotatable bonds is 2. The summed E-state index contributed by atoms with van der Waals surface area (Å²) in [5.41, 5.74) is -0.942. The van der Waals surface area contributed by atoms with E-state index in [1.165, 1.54) is 28.7 Å². The summed E-state index contributed by atoms with van der Waals surface area (Å²) in [7, 11) is -1.30. The number of hydrogen-bond acceptors (Lipinski definition) is 6. The third-order valence-electron chi connectivity index (χ3n) is 3.72. The van der Waals surface area contributed by atoms with Crippen LogP contribution in [0.4, 0.5) is 26.3 Å². The normalized spacial score (nSPS) is 11.1. The number of nitrogens with zero attached hydrogens (tertiary/aromatic N) is 2. The first-order valence-electron chi connectivity index (χ1n) is 9.03. The van der Waals surface area contributed by atoms with Crippen LogP contribution < -0.4 is 4.78 Å². The minimum absolute atomic E-state index is 0.0537. The van der Waals surface area contributed by atoms with E-state index < -0.39 is 30.6 Å². The minimum Gasteiger partial charge on any atom is -0.423 e. The summed E-state index contributed by atoms with van der Waals surface area (Å²) in [6.07, 6.45) is -7.10. The van der Waals surface area contributed by atoms with Gasteiger partial charge in [0.25, 0.3) is 0 Å². The molecule has 0 aliphatic carbocycles. The van der Waals surface area contributed by atoms with Crippen molar-refractivity contribution < 1.29 is 36.4 Å². The van der Waals surface area contributed by atoms with E-state index in [0.29, 0.717) is 16.7 Å². The molecule has 14 heteroatoms. The van der Waals surface area contributed by atoms with Crippen molar-refractivity contribution in [1.82, 2.24) is 9.97 Å². The minimum atomic E-state index is -4.34. The second-order valence-corrected chi connectivity index (χ2v) is 8.48. The van der Waals surface area contributed by atoms with E-state index in [2.05, 4.69) is 9.97 Å². The Kier molecular flexibility index (Phi) is 10.1. The topological polar surface area (TPSA) is 66.2 Å². The molecule has 0 amide bonds. The molecule has 0 radical (unpaired) electrons. The molecule has 0 spiro atoms.